The minimum Gasteiger partial charge on any atom is -0.508 e. The van der Waals surface area contributed by atoms with Gasteiger partial charge in [-0.1, -0.05) is 22.9 Å². The van der Waals surface area contributed by atoms with Gasteiger partial charge in [-0.3, -0.25) is 0 Å². The molecule has 1 aromatic rings. The van der Waals surface area contributed by atoms with Gasteiger partial charge in [0.05, 0.1) is 0 Å². The molecule has 0 aliphatic heterocycles. The third-order valence-corrected chi connectivity index (χ3v) is 4.84. The highest BCUT2D eigenvalue weighted by molar-refractivity contribution is 9.10. The first-order valence-electron chi connectivity index (χ1n) is 6.16. The summed E-state index contributed by atoms with van der Waals surface area (Å²) in [7, 11) is 0. The van der Waals surface area contributed by atoms with Crippen molar-refractivity contribution in [3.05, 3.63) is 28.2 Å². The van der Waals surface area contributed by atoms with E-state index in [1.165, 1.54) is 0 Å². The van der Waals surface area contributed by atoms with Crippen molar-refractivity contribution in [2.45, 2.75) is 38.0 Å². The number of hydrogen-bond donors (Lipinski definition) is 2. The van der Waals surface area contributed by atoms with Crippen LogP contribution in [-0.2, 0) is 0 Å². The minimum atomic E-state index is 0.189. The summed E-state index contributed by atoms with van der Waals surface area (Å²) in [5.41, 5.74) is 0.962. The Morgan fingerprint density at radius 1 is 1.44 bits per heavy atom. The van der Waals surface area contributed by atoms with Crippen LogP contribution in [0.25, 0.3) is 0 Å². The number of benzene rings is 1. The number of thioether (sulfide) groups is 1. The van der Waals surface area contributed by atoms with Gasteiger partial charge in [-0.05, 0) is 44.7 Å². The summed E-state index contributed by atoms with van der Waals surface area (Å²) in [6, 6.07) is 5.78. The van der Waals surface area contributed by atoms with Crippen LogP contribution in [0.1, 0.15) is 38.8 Å². The molecule has 0 heterocycles. The first kappa shape index (κ1) is 15.9. The SMILES string of the molecule is CCC(NCC(C)(C)SC)c1cc(Br)ccc1O. The molecule has 102 valence electrons. The lowest BCUT2D eigenvalue weighted by atomic mass is 10.0. The fourth-order valence-electron chi connectivity index (χ4n) is 1.72. The molecular formula is C14H22BrNOS. The van der Waals surface area contributed by atoms with Gasteiger partial charge in [0.1, 0.15) is 5.75 Å². The molecule has 0 radical (unpaired) electrons. The fraction of sp³-hybridized carbons (Fsp3) is 0.571. The molecule has 0 amide bonds. The maximum Gasteiger partial charge on any atom is 0.120 e. The zero-order valence-electron chi connectivity index (χ0n) is 11.5. The number of nitrogens with one attached hydrogen (secondary N) is 1. The Kier molecular flexibility index (Phi) is 6.02. The van der Waals surface area contributed by atoms with Gasteiger partial charge in [0, 0.05) is 27.4 Å². The predicted molar refractivity (Wildman–Crippen MR) is 84.4 cm³/mol. The van der Waals surface area contributed by atoms with Crippen LogP contribution >= 0.6 is 27.7 Å². The molecule has 2 N–H and O–H groups in total. The van der Waals surface area contributed by atoms with Crippen molar-refractivity contribution in [2.75, 3.05) is 12.8 Å². The highest BCUT2D eigenvalue weighted by atomic mass is 79.9. The molecule has 0 spiro atoms. The Balaban J connectivity index is 2.80. The quantitative estimate of drug-likeness (QED) is 0.813. The molecule has 0 bridgehead atoms. The average molecular weight is 332 g/mol. The molecule has 1 unspecified atom stereocenters. The van der Waals surface area contributed by atoms with E-state index in [0.717, 1.165) is 23.0 Å². The van der Waals surface area contributed by atoms with Crippen LogP contribution in [-0.4, -0.2) is 22.7 Å². The monoisotopic (exact) mass is 331 g/mol. The smallest absolute Gasteiger partial charge is 0.120 e. The van der Waals surface area contributed by atoms with E-state index in [2.05, 4.69) is 48.3 Å². The van der Waals surface area contributed by atoms with E-state index < -0.39 is 0 Å². The molecule has 1 atom stereocenters. The van der Waals surface area contributed by atoms with E-state index >= 15 is 0 Å². The second-order valence-electron chi connectivity index (χ2n) is 5.01. The zero-order valence-corrected chi connectivity index (χ0v) is 13.9. The summed E-state index contributed by atoms with van der Waals surface area (Å²) in [5.74, 6) is 0.361. The summed E-state index contributed by atoms with van der Waals surface area (Å²) >= 11 is 5.30. The summed E-state index contributed by atoms with van der Waals surface area (Å²) < 4.78 is 1.20. The fourth-order valence-corrected chi connectivity index (χ4v) is 2.33. The van der Waals surface area contributed by atoms with Gasteiger partial charge in [-0.25, -0.2) is 0 Å². The Hall–Kier alpha value is -0.190. The molecule has 18 heavy (non-hydrogen) atoms. The average Bonchev–Trinajstić information content (AvgIpc) is 2.34. The number of aromatic hydroxyl groups is 1. The van der Waals surface area contributed by atoms with E-state index in [-0.39, 0.29) is 10.8 Å². The second kappa shape index (κ2) is 6.83. The molecule has 0 aliphatic carbocycles. The largest absolute Gasteiger partial charge is 0.508 e. The lowest BCUT2D eigenvalue weighted by molar-refractivity contribution is 0.433. The highest BCUT2D eigenvalue weighted by Crippen LogP contribution is 2.30. The first-order valence-corrected chi connectivity index (χ1v) is 8.18. The number of hydrogen-bond acceptors (Lipinski definition) is 3. The van der Waals surface area contributed by atoms with Gasteiger partial charge in [0.25, 0.3) is 0 Å². The van der Waals surface area contributed by atoms with E-state index in [1.54, 1.807) is 6.07 Å². The van der Waals surface area contributed by atoms with Crippen LogP contribution < -0.4 is 5.32 Å². The molecule has 0 saturated carbocycles. The van der Waals surface area contributed by atoms with Gasteiger partial charge in [-0.2, -0.15) is 11.8 Å². The number of phenolic OH excluding ortho intramolecular Hbond substituents is 1. The minimum absolute atomic E-state index is 0.189. The third kappa shape index (κ3) is 4.48. The van der Waals surface area contributed by atoms with Crippen LogP contribution in [0.2, 0.25) is 0 Å². The first-order chi connectivity index (χ1) is 8.39. The summed E-state index contributed by atoms with van der Waals surface area (Å²) in [5, 5.41) is 13.5. The third-order valence-electron chi connectivity index (χ3n) is 3.10. The van der Waals surface area contributed by atoms with E-state index in [4.69, 9.17) is 0 Å². The lowest BCUT2D eigenvalue weighted by Crippen LogP contribution is -2.34. The predicted octanol–water partition coefficient (Wildman–Crippen LogP) is 4.34. The molecule has 2 nitrogen and oxygen atoms in total. The molecular weight excluding hydrogens is 310 g/mol. The van der Waals surface area contributed by atoms with Gasteiger partial charge >= 0.3 is 0 Å². The van der Waals surface area contributed by atoms with Gasteiger partial charge in [0.15, 0.2) is 0 Å². The van der Waals surface area contributed by atoms with Crippen LogP contribution in [0.4, 0.5) is 0 Å². The van der Waals surface area contributed by atoms with Crippen molar-refractivity contribution in [1.29, 1.82) is 0 Å². The molecule has 0 aromatic heterocycles. The van der Waals surface area contributed by atoms with Crippen LogP contribution in [0, 0.1) is 0 Å². The van der Waals surface area contributed by atoms with Gasteiger partial charge in [-0.15, -0.1) is 0 Å². The Labute approximate surface area is 123 Å². The summed E-state index contributed by atoms with van der Waals surface area (Å²) in [6.45, 7) is 7.49. The molecule has 1 aromatic carbocycles. The number of phenols is 1. The number of halogens is 1. The lowest BCUT2D eigenvalue weighted by Gasteiger charge is -2.27. The molecule has 0 saturated heterocycles. The van der Waals surface area contributed by atoms with Crippen molar-refractivity contribution in [2.24, 2.45) is 0 Å². The summed E-state index contributed by atoms with van der Waals surface area (Å²) in [6.07, 6.45) is 3.08. The second-order valence-corrected chi connectivity index (χ2v) is 7.44. The zero-order chi connectivity index (χ0) is 13.8. The normalized spacial score (nSPS) is 13.6. The van der Waals surface area contributed by atoms with Gasteiger partial charge < -0.3 is 10.4 Å². The van der Waals surface area contributed by atoms with E-state index in [9.17, 15) is 5.11 Å². The van der Waals surface area contributed by atoms with Crippen molar-refractivity contribution < 1.29 is 5.11 Å². The molecule has 4 heteroatoms. The Morgan fingerprint density at radius 2 is 2.11 bits per heavy atom. The van der Waals surface area contributed by atoms with Gasteiger partial charge in [0.2, 0.25) is 0 Å². The standard InChI is InChI=1S/C14H22BrNOS/c1-5-12(16-9-14(2,3)18-4)11-8-10(15)6-7-13(11)17/h6-8,12,16-17H,5,9H2,1-4H3. The van der Waals surface area contributed by atoms with Crippen LogP contribution in [0.3, 0.4) is 0 Å². The topological polar surface area (TPSA) is 32.3 Å². The Bertz CT molecular complexity index is 395. The Morgan fingerprint density at radius 3 is 2.67 bits per heavy atom. The van der Waals surface area contributed by atoms with Crippen molar-refractivity contribution in [3.63, 3.8) is 0 Å². The van der Waals surface area contributed by atoms with E-state index in [0.29, 0.717) is 5.75 Å². The van der Waals surface area contributed by atoms with Crippen molar-refractivity contribution in [3.8, 4) is 5.75 Å². The molecule has 0 aliphatic rings. The van der Waals surface area contributed by atoms with Crippen molar-refractivity contribution >= 4 is 27.7 Å². The van der Waals surface area contributed by atoms with Crippen LogP contribution in [0.15, 0.2) is 22.7 Å². The maximum atomic E-state index is 9.96. The molecule has 0 fully saturated rings. The highest BCUT2D eigenvalue weighted by Gasteiger charge is 2.20. The molecule has 1 rings (SSSR count). The van der Waals surface area contributed by atoms with Crippen molar-refractivity contribution in [1.82, 2.24) is 5.32 Å². The number of rotatable bonds is 6. The maximum absolute atomic E-state index is 9.96. The van der Waals surface area contributed by atoms with E-state index in [1.807, 2.05) is 23.9 Å². The van der Waals surface area contributed by atoms with Crippen LogP contribution in [0.5, 0.6) is 5.75 Å². The summed E-state index contributed by atoms with van der Waals surface area (Å²) in [4.78, 5) is 0.